The Hall–Kier alpha value is -2.86. The molecular weight excluding hydrogens is 338 g/mol. The van der Waals surface area contributed by atoms with E-state index in [0.29, 0.717) is 23.3 Å². The summed E-state index contributed by atoms with van der Waals surface area (Å²) in [7, 11) is 1.67. The number of methoxy groups -OCH3 is 1. The molecule has 0 saturated carbocycles. The lowest BCUT2D eigenvalue weighted by Gasteiger charge is -2.10. The van der Waals surface area contributed by atoms with E-state index in [1.54, 1.807) is 13.3 Å². The van der Waals surface area contributed by atoms with Gasteiger partial charge < -0.3 is 15.4 Å². The number of anilines is 3. The lowest BCUT2D eigenvalue weighted by molar-refractivity contribution is 0.410. The van der Waals surface area contributed by atoms with Crippen LogP contribution in [0.5, 0.6) is 5.75 Å². The Labute approximate surface area is 151 Å². The van der Waals surface area contributed by atoms with Crippen molar-refractivity contribution < 1.29 is 4.74 Å². The van der Waals surface area contributed by atoms with Crippen LogP contribution in [0.2, 0.25) is 5.02 Å². The number of rotatable bonds is 7. The minimum absolute atomic E-state index is 0.451. The predicted octanol–water partition coefficient (Wildman–Crippen LogP) is 3.93. The Kier molecular flexibility index (Phi) is 5.64. The number of halogens is 1. The average Bonchev–Trinajstić information content (AvgIpc) is 2.64. The molecule has 0 amide bonds. The van der Waals surface area contributed by atoms with Crippen LogP contribution in [0.15, 0.2) is 54.7 Å². The fraction of sp³-hybridized carbons (Fsp3) is 0.167. The molecule has 25 heavy (non-hydrogen) atoms. The highest BCUT2D eigenvalue weighted by Crippen LogP contribution is 2.23. The van der Waals surface area contributed by atoms with Crippen molar-refractivity contribution in [2.45, 2.75) is 6.42 Å². The van der Waals surface area contributed by atoms with Crippen molar-refractivity contribution in [1.29, 1.82) is 0 Å². The van der Waals surface area contributed by atoms with Crippen molar-refractivity contribution in [1.82, 2.24) is 15.2 Å². The molecule has 1 aromatic heterocycles. The Morgan fingerprint density at radius 2 is 1.88 bits per heavy atom. The lowest BCUT2D eigenvalue weighted by Crippen LogP contribution is -2.10. The number of para-hydroxylation sites is 2. The molecule has 0 saturated heterocycles. The third-order valence-corrected chi connectivity index (χ3v) is 3.89. The highest BCUT2D eigenvalue weighted by atomic mass is 35.5. The van der Waals surface area contributed by atoms with Crippen LogP contribution in [0.3, 0.4) is 0 Å². The number of benzene rings is 2. The highest BCUT2D eigenvalue weighted by molar-refractivity contribution is 6.33. The molecule has 6 nitrogen and oxygen atoms in total. The van der Waals surface area contributed by atoms with Gasteiger partial charge in [-0.05, 0) is 30.2 Å². The van der Waals surface area contributed by atoms with E-state index in [1.165, 1.54) is 0 Å². The van der Waals surface area contributed by atoms with E-state index in [9.17, 15) is 0 Å². The van der Waals surface area contributed by atoms with E-state index in [1.807, 2.05) is 48.5 Å². The molecule has 128 valence electrons. The van der Waals surface area contributed by atoms with E-state index < -0.39 is 0 Å². The SMILES string of the molecule is COc1ccccc1CCNc1nncc(Nc2ccccc2Cl)n1. The van der Waals surface area contributed by atoms with Crippen molar-refractivity contribution in [3.63, 3.8) is 0 Å². The molecule has 0 aliphatic rings. The second-order valence-electron chi connectivity index (χ2n) is 5.26. The molecule has 0 fully saturated rings. The molecular formula is C18H18ClN5O. The number of ether oxygens (including phenoxy) is 1. The molecule has 2 aromatic carbocycles. The van der Waals surface area contributed by atoms with Crippen molar-refractivity contribution in [2.24, 2.45) is 0 Å². The van der Waals surface area contributed by atoms with Gasteiger partial charge in [-0.25, -0.2) is 0 Å². The largest absolute Gasteiger partial charge is 0.496 e. The summed E-state index contributed by atoms with van der Waals surface area (Å²) < 4.78 is 5.35. The first-order chi connectivity index (χ1) is 12.3. The molecule has 0 atom stereocenters. The van der Waals surface area contributed by atoms with Gasteiger partial charge in [-0.3, -0.25) is 0 Å². The Morgan fingerprint density at radius 3 is 2.72 bits per heavy atom. The molecule has 0 radical (unpaired) electrons. The van der Waals surface area contributed by atoms with Crippen LogP contribution < -0.4 is 15.4 Å². The van der Waals surface area contributed by atoms with Gasteiger partial charge in [-0.1, -0.05) is 41.9 Å². The normalized spacial score (nSPS) is 10.3. The average molecular weight is 356 g/mol. The Balaban J connectivity index is 1.61. The van der Waals surface area contributed by atoms with Gasteiger partial charge in [0.15, 0.2) is 5.82 Å². The van der Waals surface area contributed by atoms with Gasteiger partial charge in [0.05, 0.1) is 24.0 Å². The summed E-state index contributed by atoms with van der Waals surface area (Å²) in [5.41, 5.74) is 1.89. The highest BCUT2D eigenvalue weighted by Gasteiger charge is 2.05. The van der Waals surface area contributed by atoms with Crippen LogP contribution in [0, 0.1) is 0 Å². The van der Waals surface area contributed by atoms with Gasteiger partial charge in [0.2, 0.25) is 5.95 Å². The molecule has 0 spiro atoms. The summed E-state index contributed by atoms with van der Waals surface area (Å²) >= 11 is 6.14. The van der Waals surface area contributed by atoms with Gasteiger partial charge in [-0.2, -0.15) is 10.1 Å². The molecule has 3 aromatic rings. The summed E-state index contributed by atoms with van der Waals surface area (Å²) in [6.07, 6.45) is 2.34. The molecule has 2 N–H and O–H groups in total. The van der Waals surface area contributed by atoms with Crippen molar-refractivity contribution >= 4 is 29.1 Å². The second kappa shape index (κ2) is 8.30. The maximum Gasteiger partial charge on any atom is 0.244 e. The summed E-state index contributed by atoms with van der Waals surface area (Å²) in [6.45, 7) is 0.664. The first-order valence-corrected chi connectivity index (χ1v) is 8.21. The number of aromatic nitrogens is 3. The topological polar surface area (TPSA) is 72.0 Å². The van der Waals surface area contributed by atoms with Crippen molar-refractivity contribution in [2.75, 3.05) is 24.3 Å². The van der Waals surface area contributed by atoms with E-state index >= 15 is 0 Å². The second-order valence-corrected chi connectivity index (χ2v) is 5.67. The summed E-state index contributed by atoms with van der Waals surface area (Å²) in [6, 6.07) is 15.4. The van der Waals surface area contributed by atoms with Gasteiger partial charge in [0, 0.05) is 6.54 Å². The van der Waals surface area contributed by atoms with Crippen LogP contribution >= 0.6 is 11.6 Å². The quantitative estimate of drug-likeness (QED) is 0.669. The zero-order valence-corrected chi connectivity index (χ0v) is 14.5. The van der Waals surface area contributed by atoms with E-state index in [2.05, 4.69) is 25.8 Å². The lowest BCUT2D eigenvalue weighted by atomic mass is 10.1. The molecule has 0 unspecified atom stereocenters. The molecule has 7 heteroatoms. The fourth-order valence-electron chi connectivity index (χ4n) is 2.36. The van der Waals surface area contributed by atoms with Crippen LogP contribution in [-0.2, 0) is 6.42 Å². The van der Waals surface area contributed by atoms with Gasteiger partial charge >= 0.3 is 0 Å². The van der Waals surface area contributed by atoms with Crippen LogP contribution in [0.25, 0.3) is 0 Å². The van der Waals surface area contributed by atoms with E-state index in [-0.39, 0.29) is 0 Å². The van der Waals surface area contributed by atoms with Crippen molar-refractivity contribution in [3.05, 3.63) is 65.3 Å². The number of hydrogen-bond acceptors (Lipinski definition) is 6. The minimum atomic E-state index is 0.451. The number of nitrogens with one attached hydrogen (secondary N) is 2. The van der Waals surface area contributed by atoms with Crippen LogP contribution in [0.4, 0.5) is 17.5 Å². The van der Waals surface area contributed by atoms with E-state index in [0.717, 1.165) is 23.4 Å². The Bertz CT molecular complexity index is 843. The Morgan fingerprint density at radius 1 is 1.08 bits per heavy atom. The molecule has 0 aliphatic heterocycles. The summed E-state index contributed by atoms with van der Waals surface area (Å²) in [5, 5.41) is 14.9. The summed E-state index contributed by atoms with van der Waals surface area (Å²) in [5.74, 6) is 1.90. The third-order valence-electron chi connectivity index (χ3n) is 3.57. The first-order valence-electron chi connectivity index (χ1n) is 7.83. The molecule has 1 heterocycles. The van der Waals surface area contributed by atoms with Crippen LogP contribution in [0.1, 0.15) is 5.56 Å². The molecule has 3 rings (SSSR count). The minimum Gasteiger partial charge on any atom is -0.496 e. The van der Waals surface area contributed by atoms with Gasteiger partial charge in [0.1, 0.15) is 5.75 Å². The fourth-order valence-corrected chi connectivity index (χ4v) is 2.54. The zero-order chi connectivity index (χ0) is 17.5. The number of nitrogens with zero attached hydrogens (tertiary/aromatic N) is 3. The van der Waals surface area contributed by atoms with Gasteiger partial charge in [0.25, 0.3) is 0 Å². The zero-order valence-electron chi connectivity index (χ0n) is 13.7. The first kappa shape index (κ1) is 17.0. The molecule has 0 aliphatic carbocycles. The number of hydrogen-bond donors (Lipinski definition) is 2. The third kappa shape index (κ3) is 4.58. The van der Waals surface area contributed by atoms with Crippen molar-refractivity contribution in [3.8, 4) is 5.75 Å². The standard InChI is InChI=1S/C18H18ClN5O/c1-25-16-9-5-2-6-13(16)10-11-20-18-23-17(12-21-24-18)22-15-8-4-3-7-14(15)19/h2-9,12H,10-11H2,1H3,(H2,20,22,23,24). The monoisotopic (exact) mass is 355 g/mol. The maximum atomic E-state index is 6.14. The maximum absolute atomic E-state index is 6.14. The van der Waals surface area contributed by atoms with E-state index in [4.69, 9.17) is 16.3 Å². The van der Waals surface area contributed by atoms with Crippen LogP contribution in [-0.4, -0.2) is 28.8 Å². The smallest absolute Gasteiger partial charge is 0.244 e. The predicted molar refractivity (Wildman–Crippen MR) is 99.7 cm³/mol. The molecule has 0 bridgehead atoms. The van der Waals surface area contributed by atoms with Gasteiger partial charge in [-0.15, -0.1) is 5.10 Å². The summed E-state index contributed by atoms with van der Waals surface area (Å²) in [4.78, 5) is 4.40.